The summed E-state index contributed by atoms with van der Waals surface area (Å²) in [6, 6.07) is 40.5. The number of carbonyl (C=O) groups is 1. The van der Waals surface area contributed by atoms with Gasteiger partial charge in [-0.15, -0.1) is 0 Å². The number of hydrogen-bond acceptors (Lipinski definition) is 4. The van der Waals surface area contributed by atoms with Crippen LogP contribution in [0.4, 0.5) is 5.69 Å². The molecule has 0 aromatic heterocycles. The summed E-state index contributed by atoms with van der Waals surface area (Å²) in [5.74, 6) is 0.740. The zero-order chi connectivity index (χ0) is 27.3. The molecule has 4 nitrogen and oxygen atoms in total. The first-order chi connectivity index (χ1) is 19.6. The predicted octanol–water partition coefficient (Wildman–Crippen LogP) is 8.53. The molecule has 0 unspecified atom stereocenters. The molecule has 5 aromatic rings. The lowest BCUT2D eigenvalue weighted by molar-refractivity contribution is -0.122. The van der Waals surface area contributed by atoms with Gasteiger partial charge in [0, 0.05) is 0 Å². The van der Waals surface area contributed by atoms with Gasteiger partial charge in [-0.2, -0.15) is 0 Å². The molecule has 0 spiro atoms. The van der Waals surface area contributed by atoms with Gasteiger partial charge in [0.2, 0.25) is 0 Å². The van der Waals surface area contributed by atoms with Crippen LogP contribution in [0.1, 0.15) is 22.3 Å². The minimum absolute atomic E-state index is 0.0454. The number of rotatable bonds is 7. The predicted molar refractivity (Wildman–Crippen MR) is 166 cm³/mol. The molecule has 0 saturated carbocycles. The minimum atomic E-state index is -0.0454. The highest BCUT2D eigenvalue weighted by atomic mass is 32.2. The molecule has 0 aliphatic carbocycles. The van der Waals surface area contributed by atoms with Crippen molar-refractivity contribution < 1.29 is 9.53 Å². The monoisotopic (exact) mass is 540 g/mol. The lowest BCUT2D eigenvalue weighted by Crippen LogP contribution is -2.28. The van der Waals surface area contributed by atoms with Crippen molar-refractivity contribution >= 4 is 45.4 Å². The van der Waals surface area contributed by atoms with Crippen LogP contribution in [0, 0.1) is 6.92 Å². The van der Waals surface area contributed by atoms with Crippen molar-refractivity contribution in [2.75, 3.05) is 0 Å². The number of amides is 1. The first kappa shape index (κ1) is 25.7. The molecule has 1 aliphatic heterocycles. The molecule has 1 fully saturated rings. The van der Waals surface area contributed by atoms with Crippen molar-refractivity contribution in [2.45, 2.75) is 20.1 Å². The maximum atomic E-state index is 13.5. The highest BCUT2D eigenvalue weighted by molar-refractivity contribution is 8.18. The van der Waals surface area contributed by atoms with Crippen molar-refractivity contribution in [1.29, 1.82) is 0 Å². The van der Waals surface area contributed by atoms with E-state index in [0.29, 0.717) is 23.2 Å². The van der Waals surface area contributed by atoms with Gasteiger partial charge in [-0.3, -0.25) is 9.69 Å². The summed E-state index contributed by atoms with van der Waals surface area (Å²) < 4.78 is 6.10. The molecule has 1 saturated heterocycles. The van der Waals surface area contributed by atoms with E-state index in [-0.39, 0.29) is 5.91 Å². The second kappa shape index (κ2) is 11.6. The number of nitrogens with zero attached hydrogens (tertiary/aromatic N) is 2. The van der Waals surface area contributed by atoms with E-state index in [1.54, 1.807) is 4.90 Å². The fraction of sp³-hybridized carbons (Fsp3) is 0.0857. The number of amidine groups is 1. The van der Waals surface area contributed by atoms with Gasteiger partial charge in [-0.25, -0.2) is 4.99 Å². The number of hydrogen-bond donors (Lipinski definition) is 0. The highest BCUT2D eigenvalue weighted by Crippen LogP contribution is 2.35. The van der Waals surface area contributed by atoms with Crippen molar-refractivity contribution in [3.05, 3.63) is 148 Å². The van der Waals surface area contributed by atoms with Gasteiger partial charge in [-0.1, -0.05) is 103 Å². The van der Waals surface area contributed by atoms with E-state index >= 15 is 0 Å². The molecule has 40 heavy (non-hydrogen) atoms. The Morgan fingerprint density at radius 3 is 2.33 bits per heavy atom. The van der Waals surface area contributed by atoms with Crippen molar-refractivity contribution in [1.82, 2.24) is 4.90 Å². The molecule has 0 bridgehead atoms. The Bertz CT molecular complexity index is 1700. The zero-order valence-corrected chi connectivity index (χ0v) is 23.0. The molecule has 196 valence electrons. The molecule has 5 aromatic carbocycles. The van der Waals surface area contributed by atoms with Crippen LogP contribution in [0.2, 0.25) is 0 Å². The van der Waals surface area contributed by atoms with Crippen LogP contribution < -0.4 is 4.74 Å². The Balaban J connectivity index is 1.21. The third-order valence-corrected chi connectivity index (χ3v) is 7.79. The Hall–Kier alpha value is -4.61. The van der Waals surface area contributed by atoms with Gasteiger partial charge in [0.15, 0.2) is 5.17 Å². The molecule has 0 atom stereocenters. The number of thioether (sulfide) groups is 1. The van der Waals surface area contributed by atoms with Gasteiger partial charge in [-0.05, 0) is 76.5 Å². The summed E-state index contributed by atoms with van der Waals surface area (Å²) in [6.45, 7) is 3.01. The molecule has 1 aliphatic rings. The number of ether oxygens (including phenoxy) is 1. The maximum absolute atomic E-state index is 13.5. The Labute approximate surface area is 238 Å². The number of aryl methyl sites for hydroxylation is 1. The lowest BCUT2D eigenvalue weighted by Gasteiger charge is -2.15. The van der Waals surface area contributed by atoms with E-state index in [1.807, 2.05) is 104 Å². The standard InChI is InChI=1S/C35H28N2O2S/c1-25-14-18-30(19-15-25)36-35-37(23-27-8-3-2-4-9-27)34(38)33(40-35)22-26-16-20-31(21-17-26)39-24-29-12-7-11-28-10-5-6-13-32(28)29/h2-22H,23-24H2,1H3/b33-22+,36-35?. The molecule has 0 radical (unpaired) electrons. The average Bonchev–Trinajstić information content (AvgIpc) is 3.27. The van der Waals surface area contributed by atoms with Gasteiger partial charge in [0.1, 0.15) is 12.4 Å². The van der Waals surface area contributed by atoms with E-state index in [2.05, 4.69) is 30.3 Å². The second-order valence-electron chi connectivity index (χ2n) is 9.71. The molecule has 5 heteroatoms. The van der Waals surface area contributed by atoms with Crippen molar-refractivity contribution in [3.8, 4) is 5.75 Å². The first-order valence-electron chi connectivity index (χ1n) is 13.2. The number of fused-ring (bicyclic) bond motifs is 1. The van der Waals surface area contributed by atoms with E-state index in [0.717, 1.165) is 28.1 Å². The Morgan fingerprint density at radius 1 is 0.800 bits per heavy atom. The molecule has 0 N–H and O–H groups in total. The average molecular weight is 541 g/mol. The molecule has 1 amide bonds. The molecular weight excluding hydrogens is 512 g/mol. The summed E-state index contributed by atoms with van der Waals surface area (Å²) in [4.78, 5) is 20.8. The third-order valence-electron chi connectivity index (χ3n) is 6.78. The quantitative estimate of drug-likeness (QED) is 0.194. The van der Waals surface area contributed by atoms with Crippen LogP contribution in [-0.2, 0) is 17.9 Å². The van der Waals surface area contributed by atoms with E-state index in [1.165, 1.54) is 28.1 Å². The van der Waals surface area contributed by atoms with Gasteiger partial charge < -0.3 is 4.74 Å². The van der Waals surface area contributed by atoms with Crippen molar-refractivity contribution in [3.63, 3.8) is 0 Å². The van der Waals surface area contributed by atoms with Crippen LogP contribution in [0.3, 0.4) is 0 Å². The van der Waals surface area contributed by atoms with E-state index in [4.69, 9.17) is 9.73 Å². The fourth-order valence-electron chi connectivity index (χ4n) is 4.62. The van der Waals surface area contributed by atoms with Crippen LogP contribution in [0.25, 0.3) is 16.8 Å². The summed E-state index contributed by atoms with van der Waals surface area (Å²) in [5, 5.41) is 3.08. The van der Waals surface area contributed by atoms with Crippen molar-refractivity contribution in [2.24, 2.45) is 4.99 Å². The van der Waals surface area contributed by atoms with Gasteiger partial charge >= 0.3 is 0 Å². The smallest absolute Gasteiger partial charge is 0.267 e. The SMILES string of the molecule is Cc1ccc(N=C2S/C(=C/c3ccc(OCc4cccc5ccccc45)cc3)C(=O)N2Cc2ccccc2)cc1. The Morgan fingerprint density at radius 2 is 1.52 bits per heavy atom. The molecule has 1 heterocycles. The summed E-state index contributed by atoms with van der Waals surface area (Å²) in [6.07, 6.45) is 1.93. The second-order valence-corrected chi connectivity index (χ2v) is 10.7. The summed E-state index contributed by atoms with van der Waals surface area (Å²) in [5.41, 5.74) is 5.14. The third kappa shape index (κ3) is 5.85. The Kier molecular flexibility index (Phi) is 7.47. The maximum Gasteiger partial charge on any atom is 0.267 e. The van der Waals surface area contributed by atoms with E-state index < -0.39 is 0 Å². The van der Waals surface area contributed by atoms with Crippen LogP contribution >= 0.6 is 11.8 Å². The number of aliphatic imine (C=N–C) groups is 1. The first-order valence-corrected chi connectivity index (χ1v) is 14.0. The van der Waals surface area contributed by atoms with Gasteiger partial charge in [0.25, 0.3) is 5.91 Å². The summed E-state index contributed by atoms with van der Waals surface area (Å²) >= 11 is 1.41. The van der Waals surface area contributed by atoms with Crippen LogP contribution in [-0.4, -0.2) is 16.0 Å². The molecule has 6 rings (SSSR count). The number of benzene rings is 5. The lowest BCUT2D eigenvalue weighted by atomic mass is 10.1. The zero-order valence-electron chi connectivity index (χ0n) is 22.2. The van der Waals surface area contributed by atoms with Crippen LogP contribution in [0.15, 0.2) is 131 Å². The highest BCUT2D eigenvalue weighted by Gasteiger charge is 2.33. The normalized spacial score (nSPS) is 15.3. The van der Waals surface area contributed by atoms with Crippen LogP contribution in [0.5, 0.6) is 5.75 Å². The largest absolute Gasteiger partial charge is 0.489 e. The molecular formula is C35H28N2O2S. The minimum Gasteiger partial charge on any atom is -0.489 e. The topological polar surface area (TPSA) is 41.9 Å². The van der Waals surface area contributed by atoms with Gasteiger partial charge in [0.05, 0.1) is 17.1 Å². The fourth-order valence-corrected chi connectivity index (χ4v) is 5.62. The van der Waals surface area contributed by atoms with E-state index in [9.17, 15) is 4.79 Å². The summed E-state index contributed by atoms with van der Waals surface area (Å²) in [7, 11) is 0. The number of carbonyl (C=O) groups excluding carboxylic acids is 1.